The highest BCUT2D eigenvalue weighted by molar-refractivity contribution is 6.35. The van der Waals surface area contributed by atoms with Crippen LogP contribution in [0, 0.1) is 11.6 Å². The molecule has 0 amide bonds. The van der Waals surface area contributed by atoms with Gasteiger partial charge < -0.3 is 15.2 Å². The lowest BCUT2D eigenvalue weighted by Crippen LogP contribution is -2.10. The highest BCUT2D eigenvalue weighted by Gasteiger charge is 2.11. The van der Waals surface area contributed by atoms with Gasteiger partial charge >= 0.3 is 0 Å². The summed E-state index contributed by atoms with van der Waals surface area (Å²) < 4.78 is 36.8. The van der Waals surface area contributed by atoms with Crippen molar-refractivity contribution in [2.75, 3.05) is 13.2 Å². The van der Waals surface area contributed by atoms with Crippen molar-refractivity contribution in [3.05, 3.63) is 52.0 Å². The number of halogens is 4. The SMILES string of the molecule is NCCOc1cc(Cl)c(Oc2cc(F)cc(F)c2)cc1Cl. The van der Waals surface area contributed by atoms with Crippen molar-refractivity contribution in [1.82, 2.24) is 0 Å². The Morgan fingerprint density at radius 1 is 0.905 bits per heavy atom. The molecule has 0 atom stereocenters. The fourth-order valence-corrected chi connectivity index (χ4v) is 1.98. The summed E-state index contributed by atoms with van der Waals surface area (Å²) in [5.41, 5.74) is 5.33. The molecule has 0 saturated carbocycles. The Morgan fingerprint density at radius 3 is 2.10 bits per heavy atom. The highest BCUT2D eigenvalue weighted by atomic mass is 35.5. The van der Waals surface area contributed by atoms with Gasteiger partial charge in [0.15, 0.2) is 0 Å². The molecular formula is C14H11Cl2F2NO2. The zero-order valence-corrected chi connectivity index (χ0v) is 12.2. The topological polar surface area (TPSA) is 44.5 Å². The number of benzene rings is 2. The number of ether oxygens (including phenoxy) is 2. The van der Waals surface area contributed by atoms with Gasteiger partial charge in [-0.15, -0.1) is 0 Å². The van der Waals surface area contributed by atoms with Gasteiger partial charge in [-0.1, -0.05) is 23.2 Å². The van der Waals surface area contributed by atoms with E-state index in [4.69, 9.17) is 38.4 Å². The average molecular weight is 334 g/mol. The Labute approximate surface area is 130 Å². The second-order valence-electron chi connectivity index (χ2n) is 4.06. The molecule has 0 aliphatic heterocycles. The largest absolute Gasteiger partial charge is 0.491 e. The first-order chi connectivity index (χ1) is 9.99. The van der Waals surface area contributed by atoms with Gasteiger partial charge in [-0.3, -0.25) is 0 Å². The molecule has 0 unspecified atom stereocenters. The minimum absolute atomic E-state index is 0.0268. The van der Waals surface area contributed by atoms with Crippen LogP contribution in [-0.2, 0) is 0 Å². The average Bonchev–Trinajstić information content (AvgIpc) is 2.40. The van der Waals surface area contributed by atoms with E-state index in [9.17, 15) is 8.78 Å². The van der Waals surface area contributed by atoms with Crippen molar-refractivity contribution in [2.24, 2.45) is 5.73 Å². The minimum Gasteiger partial charge on any atom is -0.491 e. The summed E-state index contributed by atoms with van der Waals surface area (Å²) in [4.78, 5) is 0. The Balaban J connectivity index is 2.26. The van der Waals surface area contributed by atoms with Gasteiger partial charge in [0.2, 0.25) is 0 Å². The van der Waals surface area contributed by atoms with E-state index in [1.165, 1.54) is 12.1 Å². The molecule has 2 aromatic rings. The standard InChI is InChI=1S/C14H11Cl2F2NO2/c15-11-7-14(12(16)6-13(11)20-2-1-19)21-10-4-8(17)3-9(18)5-10/h3-7H,1-2,19H2. The number of hydrogen-bond donors (Lipinski definition) is 1. The van der Waals surface area contributed by atoms with Gasteiger partial charge in [0.25, 0.3) is 0 Å². The maximum atomic E-state index is 13.1. The van der Waals surface area contributed by atoms with Gasteiger partial charge in [0.05, 0.1) is 10.0 Å². The third-order valence-corrected chi connectivity index (χ3v) is 3.02. The predicted octanol–water partition coefficient (Wildman–Crippen LogP) is 4.40. The molecule has 0 heterocycles. The Hall–Kier alpha value is -1.56. The normalized spacial score (nSPS) is 10.5. The van der Waals surface area contributed by atoms with Gasteiger partial charge in [0, 0.05) is 36.9 Å². The molecule has 7 heteroatoms. The predicted molar refractivity (Wildman–Crippen MR) is 77.4 cm³/mol. The molecule has 2 rings (SSSR count). The molecule has 0 aromatic heterocycles. The summed E-state index contributed by atoms with van der Waals surface area (Å²) in [6.07, 6.45) is 0. The first kappa shape index (κ1) is 15.8. The fraction of sp³-hybridized carbons (Fsp3) is 0.143. The lowest BCUT2D eigenvalue weighted by atomic mass is 10.3. The maximum absolute atomic E-state index is 13.1. The molecule has 3 nitrogen and oxygen atoms in total. The second kappa shape index (κ2) is 6.93. The summed E-state index contributed by atoms with van der Waals surface area (Å²) >= 11 is 12.0. The van der Waals surface area contributed by atoms with Gasteiger partial charge in [0.1, 0.15) is 35.5 Å². The van der Waals surface area contributed by atoms with Crippen LogP contribution in [0.5, 0.6) is 17.2 Å². The Morgan fingerprint density at radius 2 is 1.48 bits per heavy atom. The van der Waals surface area contributed by atoms with E-state index in [2.05, 4.69) is 0 Å². The van der Waals surface area contributed by atoms with Crippen LogP contribution < -0.4 is 15.2 Å². The molecule has 0 fully saturated rings. The second-order valence-corrected chi connectivity index (χ2v) is 4.87. The van der Waals surface area contributed by atoms with Crippen molar-refractivity contribution < 1.29 is 18.3 Å². The van der Waals surface area contributed by atoms with E-state index >= 15 is 0 Å². The quantitative estimate of drug-likeness (QED) is 0.881. The van der Waals surface area contributed by atoms with Crippen LogP contribution in [0.4, 0.5) is 8.78 Å². The van der Waals surface area contributed by atoms with Crippen molar-refractivity contribution >= 4 is 23.2 Å². The maximum Gasteiger partial charge on any atom is 0.147 e. The monoisotopic (exact) mass is 333 g/mol. The summed E-state index contributed by atoms with van der Waals surface area (Å²) in [5, 5.41) is 0.441. The number of rotatable bonds is 5. The Kier molecular flexibility index (Phi) is 5.22. The molecule has 112 valence electrons. The summed E-state index contributed by atoms with van der Waals surface area (Å²) in [7, 11) is 0. The van der Waals surface area contributed by atoms with Crippen LogP contribution in [0.1, 0.15) is 0 Å². The van der Waals surface area contributed by atoms with Crippen LogP contribution in [0.2, 0.25) is 10.0 Å². The molecule has 0 spiro atoms. The Bertz CT molecular complexity index is 633. The highest BCUT2D eigenvalue weighted by Crippen LogP contribution is 2.38. The van der Waals surface area contributed by atoms with Gasteiger partial charge in [-0.2, -0.15) is 0 Å². The fourth-order valence-electron chi connectivity index (χ4n) is 1.58. The van der Waals surface area contributed by atoms with Crippen molar-refractivity contribution in [3.63, 3.8) is 0 Å². The molecule has 2 N–H and O–H groups in total. The van der Waals surface area contributed by atoms with E-state index < -0.39 is 11.6 Å². The van der Waals surface area contributed by atoms with Crippen molar-refractivity contribution in [1.29, 1.82) is 0 Å². The summed E-state index contributed by atoms with van der Waals surface area (Å²) in [6.45, 7) is 0.611. The van der Waals surface area contributed by atoms with E-state index in [1.54, 1.807) is 0 Å². The molecule has 0 bridgehead atoms. The first-order valence-electron chi connectivity index (χ1n) is 5.95. The van der Waals surface area contributed by atoms with Crippen LogP contribution >= 0.6 is 23.2 Å². The summed E-state index contributed by atoms with van der Waals surface area (Å²) in [5.74, 6) is -1.03. The van der Waals surface area contributed by atoms with Crippen LogP contribution in [0.25, 0.3) is 0 Å². The zero-order chi connectivity index (χ0) is 15.4. The van der Waals surface area contributed by atoms with Crippen LogP contribution in [0.3, 0.4) is 0 Å². The van der Waals surface area contributed by atoms with E-state index in [0.717, 1.165) is 18.2 Å². The minimum atomic E-state index is -0.755. The molecule has 21 heavy (non-hydrogen) atoms. The zero-order valence-electron chi connectivity index (χ0n) is 10.7. The van der Waals surface area contributed by atoms with Crippen molar-refractivity contribution in [2.45, 2.75) is 0 Å². The number of nitrogens with two attached hydrogens (primary N) is 1. The smallest absolute Gasteiger partial charge is 0.147 e. The molecule has 0 aliphatic rings. The van der Waals surface area contributed by atoms with Gasteiger partial charge in [-0.25, -0.2) is 8.78 Å². The third-order valence-electron chi connectivity index (χ3n) is 2.43. The van der Waals surface area contributed by atoms with E-state index in [-0.39, 0.29) is 28.2 Å². The third kappa shape index (κ3) is 4.20. The van der Waals surface area contributed by atoms with Crippen LogP contribution in [0.15, 0.2) is 30.3 Å². The summed E-state index contributed by atoms with van der Waals surface area (Å²) in [6, 6.07) is 5.66. The molecular weight excluding hydrogens is 323 g/mol. The first-order valence-corrected chi connectivity index (χ1v) is 6.71. The van der Waals surface area contributed by atoms with Gasteiger partial charge in [-0.05, 0) is 0 Å². The molecule has 0 radical (unpaired) electrons. The van der Waals surface area contributed by atoms with Crippen molar-refractivity contribution in [3.8, 4) is 17.2 Å². The van der Waals surface area contributed by atoms with E-state index in [0.29, 0.717) is 12.3 Å². The molecule has 2 aromatic carbocycles. The number of hydrogen-bond acceptors (Lipinski definition) is 3. The lowest BCUT2D eigenvalue weighted by molar-refractivity contribution is 0.328. The van der Waals surface area contributed by atoms with Crippen LogP contribution in [-0.4, -0.2) is 13.2 Å². The molecule has 0 aliphatic carbocycles. The van der Waals surface area contributed by atoms with E-state index in [1.807, 2.05) is 0 Å². The molecule has 0 saturated heterocycles. The lowest BCUT2D eigenvalue weighted by Gasteiger charge is -2.12.